The van der Waals surface area contributed by atoms with Gasteiger partial charge in [-0.1, -0.05) is 6.07 Å². The Morgan fingerprint density at radius 1 is 1.09 bits per heavy atom. The second-order valence-corrected chi connectivity index (χ2v) is 8.25. The topological polar surface area (TPSA) is 86.0 Å². The molecular weight excluding hydrogens is 422 g/mol. The number of hydrogen-bond donors (Lipinski definition) is 1. The van der Waals surface area contributed by atoms with Crippen LogP contribution in [0.1, 0.15) is 34.7 Å². The average Bonchev–Trinajstić information content (AvgIpc) is 3.21. The highest BCUT2D eigenvalue weighted by Crippen LogP contribution is 2.34. The predicted molar refractivity (Wildman–Crippen MR) is 125 cm³/mol. The van der Waals surface area contributed by atoms with Crippen molar-refractivity contribution in [3.63, 3.8) is 0 Å². The molecule has 0 spiro atoms. The van der Waals surface area contributed by atoms with Crippen LogP contribution in [-0.4, -0.2) is 72.6 Å². The van der Waals surface area contributed by atoms with Gasteiger partial charge < -0.3 is 23.9 Å². The molecule has 1 aliphatic heterocycles. The van der Waals surface area contributed by atoms with Gasteiger partial charge in [0.2, 0.25) is 0 Å². The first-order chi connectivity index (χ1) is 16.1. The summed E-state index contributed by atoms with van der Waals surface area (Å²) >= 11 is 0. The maximum Gasteiger partial charge on any atom is 0.343 e. The van der Waals surface area contributed by atoms with Gasteiger partial charge in [-0.3, -0.25) is 4.90 Å². The van der Waals surface area contributed by atoms with Gasteiger partial charge in [-0.2, -0.15) is 0 Å². The van der Waals surface area contributed by atoms with E-state index in [1.807, 2.05) is 12.3 Å². The quantitative estimate of drug-likeness (QED) is 0.501. The van der Waals surface area contributed by atoms with Crippen LogP contribution in [0.5, 0.6) is 11.5 Å². The summed E-state index contributed by atoms with van der Waals surface area (Å²) in [6.07, 6.45) is 6.22. The van der Waals surface area contributed by atoms with Crippen molar-refractivity contribution in [2.75, 3.05) is 47.1 Å². The molecule has 8 nitrogen and oxygen atoms in total. The third-order valence-corrected chi connectivity index (χ3v) is 6.32. The Kier molecular flexibility index (Phi) is 7.47. The van der Waals surface area contributed by atoms with Crippen molar-refractivity contribution < 1.29 is 24.1 Å². The van der Waals surface area contributed by atoms with Gasteiger partial charge in [0.25, 0.3) is 0 Å². The van der Waals surface area contributed by atoms with Gasteiger partial charge in [0.15, 0.2) is 0 Å². The summed E-state index contributed by atoms with van der Waals surface area (Å²) < 4.78 is 18.5. The van der Waals surface area contributed by atoms with Crippen molar-refractivity contribution in [2.24, 2.45) is 0 Å². The van der Waals surface area contributed by atoms with Gasteiger partial charge in [-0.15, -0.1) is 0 Å². The first-order valence-corrected chi connectivity index (χ1v) is 11.3. The molecule has 0 atom stereocenters. The Balaban J connectivity index is 1.35. The molecule has 2 aromatic heterocycles. The van der Waals surface area contributed by atoms with Crippen molar-refractivity contribution in [3.8, 4) is 11.5 Å². The van der Waals surface area contributed by atoms with Gasteiger partial charge in [-0.05, 0) is 61.7 Å². The van der Waals surface area contributed by atoms with Gasteiger partial charge >= 0.3 is 5.97 Å². The van der Waals surface area contributed by atoms with Crippen LogP contribution in [0.3, 0.4) is 0 Å². The molecule has 8 heteroatoms. The normalized spacial score (nSPS) is 15.1. The molecule has 33 heavy (non-hydrogen) atoms. The number of pyridine rings is 1. The van der Waals surface area contributed by atoms with E-state index < -0.39 is 5.97 Å². The molecule has 1 aromatic carbocycles. The highest BCUT2D eigenvalue weighted by atomic mass is 16.5. The number of hydrogen-bond acceptors (Lipinski definition) is 6. The van der Waals surface area contributed by atoms with Crippen LogP contribution in [-0.2, 0) is 11.3 Å². The molecule has 1 N–H and O–H groups in total. The number of aromatic carboxylic acids is 1. The fourth-order valence-corrected chi connectivity index (χ4v) is 4.60. The summed E-state index contributed by atoms with van der Waals surface area (Å²) in [4.78, 5) is 18.6. The summed E-state index contributed by atoms with van der Waals surface area (Å²) in [5.74, 6) is 0.0881. The number of carboxylic acids is 1. The molecule has 3 heterocycles. The average molecular weight is 454 g/mol. The summed E-state index contributed by atoms with van der Waals surface area (Å²) in [5, 5.41) is 10.7. The lowest BCUT2D eigenvalue weighted by Crippen LogP contribution is -2.35. The molecule has 3 aromatic rings. The molecule has 0 unspecified atom stereocenters. The minimum absolute atomic E-state index is 0.0668. The van der Waals surface area contributed by atoms with Crippen LogP contribution >= 0.6 is 0 Å². The second-order valence-electron chi connectivity index (χ2n) is 8.25. The number of piperidine rings is 1. The minimum atomic E-state index is -1.05. The van der Waals surface area contributed by atoms with Gasteiger partial charge in [0.05, 0.1) is 13.7 Å². The maximum atomic E-state index is 11.6. The van der Waals surface area contributed by atoms with Crippen LogP contribution < -0.4 is 9.47 Å². The number of carboxylic acid groups (broad SMARTS) is 1. The molecule has 1 aliphatic rings. The summed E-state index contributed by atoms with van der Waals surface area (Å²) in [5.41, 5.74) is 2.46. The number of rotatable bonds is 10. The van der Waals surface area contributed by atoms with E-state index in [1.54, 1.807) is 25.3 Å². The maximum absolute atomic E-state index is 11.6. The number of aromatic nitrogens is 2. The fourth-order valence-electron chi connectivity index (χ4n) is 4.60. The predicted octanol–water partition coefficient (Wildman–Crippen LogP) is 3.65. The lowest BCUT2D eigenvalue weighted by Gasteiger charge is -2.31. The van der Waals surface area contributed by atoms with E-state index in [0.29, 0.717) is 30.6 Å². The number of fused-ring (bicyclic) bond motifs is 1. The Hall–Kier alpha value is -3.10. The molecule has 0 aliphatic carbocycles. The van der Waals surface area contributed by atoms with Gasteiger partial charge in [0.1, 0.15) is 29.3 Å². The van der Waals surface area contributed by atoms with E-state index in [2.05, 4.69) is 26.7 Å². The Labute approximate surface area is 193 Å². The SMILES string of the molecule is COCCn1cc(C2CCN(CCOc3cccc(OC)c3C(=O)O)CC2)c2cccnc21. The van der Waals surface area contributed by atoms with Crippen LogP contribution in [0.25, 0.3) is 11.0 Å². The third-order valence-electron chi connectivity index (χ3n) is 6.32. The summed E-state index contributed by atoms with van der Waals surface area (Å²) in [6.45, 7) is 4.59. The number of nitrogens with zero attached hydrogens (tertiary/aromatic N) is 3. The number of ether oxygens (including phenoxy) is 3. The van der Waals surface area contributed by atoms with Crippen molar-refractivity contribution in [3.05, 3.63) is 53.9 Å². The standard InChI is InChI=1S/C25H31N3O5/c1-31-15-14-28-17-20(19-5-4-10-26-24(19)28)18-8-11-27(12-9-18)13-16-33-22-7-3-6-21(32-2)23(22)25(29)30/h3-7,10,17-18H,8-9,11-16H2,1-2H3,(H,29,30). The van der Waals surface area contributed by atoms with Gasteiger partial charge in [-0.25, -0.2) is 9.78 Å². The highest BCUT2D eigenvalue weighted by Gasteiger charge is 2.24. The Morgan fingerprint density at radius 2 is 1.88 bits per heavy atom. The van der Waals surface area contributed by atoms with Crippen LogP contribution in [0, 0.1) is 0 Å². The van der Waals surface area contributed by atoms with Crippen molar-refractivity contribution in [2.45, 2.75) is 25.3 Å². The van der Waals surface area contributed by atoms with E-state index in [0.717, 1.165) is 44.7 Å². The molecule has 0 saturated carbocycles. The Bertz CT molecular complexity index is 1090. The third kappa shape index (κ3) is 5.12. The lowest BCUT2D eigenvalue weighted by molar-refractivity contribution is 0.0687. The van der Waals surface area contributed by atoms with Crippen LogP contribution in [0.15, 0.2) is 42.7 Å². The monoisotopic (exact) mass is 453 g/mol. The lowest BCUT2D eigenvalue weighted by atomic mass is 9.89. The first-order valence-electron chi connectivity index (χ1n) is 11.3. The zero-order chi connectivity index (χ0) is 23.2. The fraction of sp³-hybridized carbons (Fsp3) is 0.440. The van der Waals surface area contributed by atoms with E-state index in [-0.39, 0.29) is 5.56 Å². The molecule has 1 fully saturated rings. The molecule has 4 rings (SSSR count). The first kappa shape index (κ1) is 23.1. The zero-order valence-electron chi connectivity index (χ0n) is 19.2. The van der Waals surface area contributed by atoms with Crippen LogP contribution in [0.2, 0.25) is 0 Å². The van der Waals surface area contributed by atoms with Crippen molar-refractivity contribution >= 4 is 17.0 Å². The molecule has 1 saturated heterocycles. The smallest absolute Gasteiger partial charge is 0.343 e. The molecule has 0 amide bonds. The van der Waals surface area contributed by atoms with Crippen molar-refractivity contribution in [1.82, 2.24) is 14.5 Å². The molecule has 0 bridgehead atoms. The molecule has 176 valence electrons. The highest BCUT2D eigenvalue weighted by molar-refractivity contribution is 5.94. The number of methoxy groups -OCH3 is 2. The van der Waals surface area contributed by atoms with E-state index in [1.165, 1.54) is 18.1 Å². The van der Waals surface area contributed by atoms with E-state index in [9.17, 15) is 9.90 Å². The van der Waals surface area contributed by atoms with Gasteiger partial charge in [0, 0.05) is 38.0 Å². The summed E-state index contributed by atoms with van der Waals surface area (Å²) in [6, 6.07) is 9.21. The molecule has 0 radical (unpaired) electrons. The number of benzene rings is 1. The minimum Gasteiger partial charge on any atom is -0.496 e. The zero-order valence-corrected chi connectivity index (χ0v) is 19.2. The number of likely N-dealkylation sites (tertiary alicyclic amines) is 1. The van der Waals surface area contributed by atoms with Crippen molar-refractivity contribution in [1.29, 1.82) is 0 Å². The van der Waals surface area contributed by atoms with E-state index >= 15 is 0 Å². The molecular formula is C25H31N3O5. The van der Waals surface area contributed by atoms with E-state index in [4.69, 9.17) is 14.2 Å². The summed E-state index contributed by atoms with van der Waals surface area (Å²) in [7, 11) is 3.18. The Morgan fingerprint density at radius 3 is 2.61 bits per heavy atom. The van der Waals surface area contributed by atoms with Crippen LogP contribution in [0.4, 0.5) is 0 Å². The second kappa shape index (κ2) is 10.7. The largest absolute Gasteiger partial charge is 0.496 e. The number of carbonyl (C=O) groups is 1.